The third kappa shape index (κ3) is 3.54. The molecule has 112 valence electrons. The van der Waals surface area contributed by atoms with E-state index in [4.69, 9.17) is 4.74 Å². The average molecular weight is 275 g/mol. The van der Waals surface area contributed by atoms with Gasteiger partial charge in [-0.2, -0.15) is 0 Å². The molecule has 1 saturated carbocycles. The van der Waals surface area contributed by atoms with Crippen LogP contribution in [-0.2, 0) is 0 Å². The van der Waals surface area contributed by atoms with E-state index < -0.39 is 0 Å². The van der Waals surface area contributed by atoms with E-state index in [0.29, 0.717) is 11.5 Å². The van der Waals surface area contributed by atoms with E-state index in [1.165, 1.54) is 31.2 Å². The first-order chi connectivity index (χ1) is 9.55. The van der Waals surface area contributed by atoms with Gasteiger partial charge in [-0.1, -0.05) is 38.8 Å². The van der Waals surface area contributed by atoms with Crippen molar-refractivity contribution in [3.05, 3.63) is 29.8 Å². The van der Waals surface area contributed by atoms with Crippen LogP contribution in [-0.4, -0.2) is 12.6 Å². The quantitative estimate of drug-likeness (QED) is 0.812. The van der Waals surface area contributed by atoms with E-state index in [1.807, 2.05) is 0 Å². The Morgan fingerprint density at radius 1 is 1.25 bits per heavy atom. The lowest BCUT2D eigenvalue weighted by Crippen LogP contribution is -2.34. The Kier molecular flexibility index (Phi) is 5.09. The number of nitrogens with one attached hydrogen (secondary N) is 1. The molecule has 20 heavy (non-hydrogen) atoms. The summed E-state index contributed by atoms with van der Waals surface area (Å²) in [5, 5.41) is 3.71. The number of rotatable bonds is 6. The number of benzene rings is 1. The van der Waals surface area contributed by atoms with Gasteiger partial charge in [0, 0.05) is 6.04 Å². The minimum atomic E-state index is 0.227. The van der Waals surface area contributed by atoms with Crippen molar-refractivity contribution in [1.82, 2.24) is 5.32 Å². The summed E-state index contributed by atoms with van der Waals surface area (Å²) >= 11 is 0. The van der Waals surface area contributed by atoms with Crippen molar-refractivity contribution in [3.63, 3.8) is 0 Å². The zero-order valence-electron chi connectivity index (χ0n) is 13.4. The predicted molar refractivity (Wildman–Crippen MR) is 85.2 cm³/mol. The molecule has 1 aliphatic carbocycles. The lowest BCUT2D eigenvalue weighted by Gasteiger charge is -2.35. The summed E-state index contributed by atoms with van der Waals surface area (Å²) < 4.78 is 5.85. The van der Waals surface area contributed by atoms with Gasteiger partial charge < -0.3 is 10.1 Å². The summed E-state index contributed by atoms with van der Waals surface area (Å²) in [6.07, 6.45) is 5.59. The summed E-state index contributed by atoms with van der Waals surface area (Å²) in [6, 6.07) is 9.07. The fraction of sp³-hybridized carbons (Fsp3) is 0.667. The van der Waals surface area contributed by atoms with Crippen LogP contribution in [0.3, 0.4) is 0 Å². The monoisotopic (exact) mass is 275 g/mol. The Bertz CT molecular complexity index is 421. The molecule has 0 amide bonds. The summed E-state index contributed by atoms with van der Waals surface area (Å²) in [5.41, 5.74) is 1.75. The van der Waals surface area contributed by atoms with Gasteiger partial charge >= 0.3 is 0 Å². The van der Waals surface area contributed by atoms with Crippen molar-refractivity contribution in [1.29, 1.82) is 0 Å². The molecule has 0 radical (unpaired) electrons. The lowest BCUT2D eigenvalue weighted by atomic mass is 9.77. The van der Waals surface area contributed by atoms with Crippen LogP contribution < -0.4 is 10.1 Å². The third-order valence-electron chi connectivity index (χ3n) is 4.41. The highest BCUT2D eigenvalue weighted by molar-refractivity contribution is 5.32. The van der Waals surface area contributed by atoms with E-state index in [0.717, 1.165) is 12.3 Å². The summed E-state index contributed by atoms with van der Waals surface area (Å²) in [4.78, 5) is 0. The fourth-order valence-electron chi connectivity index (χ4n) is 3.48. The van der Waals surface area contributed by atoms with Gasteiger partial charge in [0.05, 0.1) is 6.10 Å². The Balaban J connectivity index is 2.24. The topological polar surface area (TPSA) is 21.3 Å². The fourth-order valence-corrected chi connectivity index (χ4v) is 3.48. The van der Waals surface area contributed by atoms with Crippen molar-refractivity contribution in [2.45, 2.75) is 65.5 Å². The Morgan fingerprint density at radius 2 is 1.95 bits per heavy atom. The SMILES string of the molecule is CCNC(c1cccc(OC(C)C)c1)C1(C)CCCC1. The Labute approximate surface area is 123 Å². The van der Waals surface area contributed by atoms with Gasteiger partial charge in [-0.3, -0.25) is 0 Å². The molecule has 2 heteroatoms. The second-order valence-electron chi connectivity index (χ2n) is 6.59. The van der Waals surface area contributed by atoms with Gasteiger partial charge in [0.25, 0.3) is 0 Å². The average Bonchev–Trinajstić information content (AvgIpc) is 2.83. The molecule has 0 spiro atoms. The number of hydrogen-bond donors (Lipinski definition) is 1. The predicted octanol–water partition coefficient (Wildman–Crippen LogP) is 4.70. The normalized spacial score (nSPS) is 19.2. The van der Waals surface area contributed by atoms with Crippen molar-refractivity contribution < 1.29 is 4.74 Å². The molecule has 0 aromatic heterocycles. The highest BCUT2D eigenvalue weighted by Crippen LogP contribution is 2.47. The van der Waals surface area contributed by atoms with E-state index >= 15 is 0 Å². The second-order valence-corrected chi connectivity index (χ2v) is 6.59. The molecular formula is C18H29NO. The maximum absolute atomic E-state index is 5.85. The molecular weight excluding hydrogens is 246 g/mol. The summed E-state index contributed by atoms with van der Waals surface area (Å²) in [6.45, 7) is 9.79. The Hall–Kier alpha value is -1.02. The highest BCUT2D eigenvalue weighted by Gasteiger charge is 2.37. The molecule has 2 nitrogen and oxygen atoms in total. The van der Waals surface area contributed by atoms with Crippen molar-refractivity contribution in [2.24, 2.45) is 5.41 Å². The number of ether oxygens (including phenoxy) is 1. The molecule has 0 aliphatic heterocycles. The molecule has 0 bridgehead atoms. The molecule has 1 aliphatic rings. The Morgan fingerprint density at radius 3 is 2.55 bits per heavy atom. The van der Waals surface area contributed by atoms with Gasteiger partial charge in [-0.25, -0.2) is 0 Å². The molecule has 2 rings (SSSR count). The lowest BCUT2D eigenvalue weighted by molar-refractivity contribution is 0.222. The van der Waals surface area contributed by atoms with Crippen LogP contribution in [0.5, 0.6) is 5.75 Å². The summed E-state index contributed by atoms with van der Waals surface area (Å²) in [7, 11) is 0. The van der Waals surface area contributed by atoms with Gasteiger partial charge in [0.15, 0.2) is 0 Å². The molecule has 1 aromatic rings. The van der Waals surface area contributed by atoms with E-state index in [1.54, 1.807) is 0 Å². The van der Waals surface area contributed by atoms with Crippen molar-refractivity contribution in [2.75, 3.05) is 6.54 Å². The van der Waals surface area contributed by atoms with Crippen LogP contribution >= 0.6 is 0 Å². The van der Waals surface area contributed by atoms with Crippen molar-refractivity contribution >= 4 is 0 Å². The molecule has 1 unspecified atom stereocenters. The van der Waals surface area contributed by atoms with Gasteiger partial charge in [-0.15, -0.1) is 0 Å². The highest BCUT2D eigenvalue weighted by atomic mass is 16.5. The first-order valence-electron chi connectivity index (χ1n) is 8.05. The molecule has 0 saturated heterocycles. The van der Waals surface area contributed by atoms with Gasteiger partial charge in [0.2, 0.25) is 0 Å². The van der Waals surface area contributed by atoms with E-state index in [2.05, 4.69) is 57.3 Å². The molecule has 1 fully saturated rings. The zero-order valence-corrected chi connectivity index (χ0v) is 13.4. The second kappa shape index (κ2) is 6.62. The van der Waals surface area contributed by atoms with Crippen LogP contribution in [0.2, 0.25) is 0 Å². The zero-order chi connectivity index (χ0) is 14.6. The summed E-state index contributed by atoms with van der Waals surface area (Å²) in [5.74, 6) is 0.988. The van der Waals surface area contributed by atoms with Crippen LogP contribution in [0, 0.1) is 5.41 Å². The third-order valence-corrected chi connectivity index (χ3v) is 4.41. The maximum atomic E-state index is 5.85. The molecule has 0 heterocycles. The van der Waals surface area contributed by atoms with E-state index in [9.17, 15) is 0 Å². The van der Waals surface area contributed by atoms with Crippen LogP contribution in [0.15, 0.2) is 24.3 Å². The maximum Gasteiger partial charge on any atom is 0.120 e. The van der Waals surface area contributed by atoms with E-state index in [-0.39, 0.29) is 6.10 Å². The smallest absolute Gasteiger partial charge is 0.120 e. The first-order valence-corrected chi connectivity index (χ1v) is 8.05. The molecule has 1 atom stereocenters. The minimum Gasteiger partial charge on any atom is -0.491 e. The van der Waals surface area contributed by atoms with Gasteiger partial charge in [0.1, 0.15) is 5.75 Å². The van der Waals surface area contributed by atoms with Crippen LogP contribution in [0.1, 0.15) is 65.0 Å². The van der Waals surface area contributed by atoms with Crippen LogP contribution in [0.25, 0.3) is 0 Å². The number of hydrogen-bond acceptors (Lipinski definition) is 2. The van der Waals surface area contributed by atoms with Crippen LogP contribution in [0.4, 0.5) is 0 Å². The molecule has 1 aromatic carbocycles. The first kappa shape index (κ1) is 15.4. The molecule has 1 N–H and O–H groups in total. The minimum absolute atomic E-state index is 0.227. The van der Waals surface area contributed by atoms with Crippen molar-refractivity contribution in [3.8, 4) is 5.75 Å². The largest absolute Gasteiger partial charge is 0.491 e. The van der Waals surface area contributed by atoms with Gasteiger partial charge in [-0.05, 0) is 56.3 Å². The standard InChI is InChI=1S/C18H29NO/c1-5-19-17(18(4)11-6-7-12-18)15-9-8-10-16(13-15)20-14(2)3/h8-10,13-14,17,19H,5-7,11-12H2,1-4H3.